The highest BCUT2D eigenvalue weighted by Crippen LogP contribution is 2.33. The van der Waals surface area contributed by atoms with Gasteiger partial charge in [0.25, 0.3) is 0 Å². The van der Waals surface area contributed by atoms with Crippen LogP contribution in [0.25, 0.3) is 0 Å². The molecule has 2 aliphatic rings. The minimum atomic E-state index is -0.402. The van der Waals surface area contributed by atoms with Gasteiger partial charge in [-0.1, -0.05) is 0 Å². The van der Waals surface area contributed by atoms with Gasteiger partial charge in [-0.2, -0.15) is 0 Å². The Hall–Kier alpha value is -1.43. The Morgan fingerprint density at radius 1 is 1.33 bits per heavy atom. The van der Waals surface area contributed by atoms with Gasteiger partial charge >= 0.3 is 0 Å². The van der Waals surface area contributed by atoms with E-state index in [1.165, 1.54) is 4.90 Å². The molecule has 1 heterocycles. The normalized spacial score (nSPS) is 27.7. The van der Waals surface area contributed by atoms with Crippen molar-refractivity contribution in [2.75, 3.05) is 19.7 Å². The van der Waals surface area contributed by atoms with Crippen molar-refractivity contribution in [2.45, 2.75) is 32.3 Å². The number of hydrogen-bond acceptors (Lipinski definition) is 4. The van der Waals surface area contributed by atoms with Crippen molar-refractivity contribution in [3.05, 3.63) is 0 Å². The van der Waals surface area contributed by atoms with Crippen LogP contribution >= 0.6 is 0 Å². The van der Waals surface area contributed by atoms with E-state index in [1.54, 1.807) is 0 Å². The third-order valence-corrected chi connectivity index (χ3v) is 3.36. The summed E-state index contributed by atoms with van der Waals surface area (Å²) in [6.45, 7) is 2.64. The van der Waals surface area contributed by atoms with Gasteiger partial charge in [0.1, 0.15) is 13.1 Å². The summed E-state index contributed by atoms with van der Waals surface area (Å²) in [6, 6.07) is 0. The van der Waals surface area contributed by atoms with Gasteiger partial charge in [-0.05, 0) is 25.7 Å². The fourth-order valence-corrected chi connectivity index (χ4v) is 2.40. The second-order valence-electron chi connectivity index (χ2n) is 4.84. The SMILES string of the molecule is CCOC1CC(CC(=O)N2CC(=O)NC(=O)C2)C1. The number of nitrogens with zero attached hydrogens (tertiary/aromatic N) is 1. The first-order valence-electron chi connectivity index (χ1n) is 6.30. The maximum Gasteiger partial charge on any atom is 0.246 e. The molecular weight excluding hydrogens is 236 g/mol. The smallest absolute Gasteiger partial charge is 0.246 e. The topological polar surface area (TPSA) is 75.7 Å². The molecule has 0 unspecified atom stereocenters. The van der Waals surface area contributed by atoms with Gasteiger partial charge in [0, 0.05) is 13.0 Å². The van der Waals surface area contributed by atoms with Gasteiger partial charge in [0.05, 0.1) is 6.10 Å². The van der Waals surface area contributed by atoms with Gasteiger partial charge in [0.15, 0.2) is 0 Å². The Kier molecular flexibility index (Phi) is 3.96. The zero-order valence-electron chi connectivity index (χ0n) is 10.5. The predicted molar refractivity (Wildman–Crippen MR) is 62.5 cm³/mol. The molecule has 6 heteroatoms. The van der Waals surface area contributed by atoms with E-state index in [1.807, 2.05) is 6.92 Å². The maximum atomic E-state index is 11.9. The molecule has 0 aromatic carbocycles. The van der Waals surface area contributed by atoms with Crippen molar-refractivity contribution < 1.29 is 19.1 Å². The summed E-state index contributed by atoms with van der Waals surface area (Å²) in [5.41, 5.74) is 0. The Bertz CT molecular complexity index is 347. The fourth-order valence-electron chi connectivity index (χ4n) is 2.40. The number of carbonyl (C=O) groups is 3. The Morgan fingerprint density at radius 3 is 2.50 bits per heavy atom. The van der Waals surface area contributed by atoms with Crippen LogP contribution in [0.4, 0.5) is 0 Å². The lowest BCUT2D eigenvalue weighted by atomic mass is 9.79. The average molecular weight is 254 g/mol. The summed E-state index contributed by atoms with van der Waals surface area (Å²) in [5, 5.41) is 2.18. The zero-order chi connectivity index (χ0) is 13.1. The fraction of sp³-hybridized carbons (Fsp3) is 0.750. The minimum absolute atomic E-state index is 0.00776. The lowest BCUT2D eigenvalue weighted by molar-refractivity contribution is -0.147. The molecule has 1 aliphatic heterocycles. The van der Waals surface area contributed by atoms with Gasteiger partial charge in [-0.25, -0.2) is 0 Å². The number of nitrogens with one attached hydrogen (secondary N) is 1. The summed E-state index contributed by atoms with van der Waals surface area (Å²) < 4.78 is 5.43. The maximum absolute atomic E-state index is 11.9. The van der Waals surface area contributed by atoms with Gasteiger partial charge < -0.3 is 9.64 Å². The van der Waals surface area contributed by atoms with Crippen molar-refractivity contribution in [1.82, 2.24) is 10.2 Å². The monoisotopic (exact) mass is 254 g/mol. The number of ether oxygens (including phenoxy) is 1. The van der Waals surface area contributed by atoms with Crippen molar-refractivity contribution >= 4 is 17.7 Å². The van der Waals surface area contributed by atoms with Crippen LogP contribution in [0.2, 0.25) is 0 Å². The molecule has 0 spiro atoms. The quantitative estimate of drug-likeness (QED) is 0.697. The summed E-state index contributed by atoms with van der Waals surface area (Å²) in [6.07, 6.45) is 2.48. The van der Waals surface area contributed by atoms with Crippen molar-refractivity contribution in [2.24, 2.45) is 5.92 Å². The van der Waals surface area contributed by atoms with E-state index < -0.39 is 11.8 Å². The third kappa shape index (κ3) is 3.07. The number of hydrogen-bond donors (Lipinski definition) is 1. The van der Waals surface area contributed by atoms with E-state index in [9.17, 15) is 14.4 Å². The van der Waals surface area contributed by atoms with Gasteiger partial charge in [-0.15, -0.1) is 0 Å². The standard InChI is InChI=1S/C12H18N2O4/c1-2-18-9-3-8(4-9)5-12(17)14-6-10(15)13-11(16)7-14/h8-9H,2-7H2,1H3,(H,13,15,16). The lowest BCUT2D eigenvalue weighted by Gasteiger charge is -2.36. The summed E-state index contributed by atoms with van der Waals surface area (Å²) in [7, 11) is 0. The molecular formula is C12H18N2O4. The Balaban J connectivity index is 1.75. The molecule has 2 fully saturated rings. The van der Waals surface area contributed by atoms with Crippen LogP contribution in [0.1, 0.15) is 26.2 Å². The van der Waals surface area contributed by atoms with Crippen LogP contribution in [-0.2, 0) is 19.1 Å². The molecule has 0 atom stereocenters. The van der Waals surface area contributed by atoms with Crippen LogP contribution in [0.5, 0.6) is 0 Å². The van der Waals surface area contributed by atoms with E-state index in [0.29, 0.717) is 18.9 Å². The van der Waals surface area contributed by atoms with Crippen molar-refractivity contribution in [3.8, 4) is 0 Å². The molecule has 18 heavy (non-hydrogen) atoms. The Morgan fingerprint density at radius 2 is 1.94 bits per heavy atom. The molecule has 100 valence electrons. The number of piperazine rings is 1. The van der Waals surface area contributed by atoms with E-state index in [2.05, 4.69) is 5.32 Å². The van der Waals surface area contributed by atoms with E-state index >= 15 is 0 Å². The van der Waals surface area contributed by atoms with Crippen LogP contribution in [-0.4, -0.2) is 48.4 Å². The molecule has 1 saturated carbocycles. The second kappa shape index (κ2) is 5.48. The van der Waals surface area contributed by atoms with Gasteiger partial charge in [-0.3, -0.25) is 19.7 Å². The molecule has 1 saturated heterocycles. The molecule has 3 amide bonds. The minimum Gasteiger partial charge on any atom is -0.378 e. The van der Waals surface area contributed by atoms with E-state index in [4.69, 9.17) is 4.74 Å². The van der Waals surface area contributed by atoms with Crippen LogP contribution in [0.3, 0.4) is 0 Å². The van der Waals surface area contributed by atoms with Crippen molar-refractivity contribution in [1.29, 1.82) is 0 Å². The molecule has 2 rings (SSSR count). The first kappa shape index (κ1) is 13.0. The summed E-state index contributed by atoms with van der Waals surface area (Å²) in [4.78, 5) is 35.5. The number of amides is 3. The van der Waals surface area contributed by atoms with E-state index in [0.717, 1.165) is 12.8 Å². The Labute approximate surface area is 106 Å². The number of imide groups is 1. The average Bonchev–Trinajstić information content (AvgIpc) is 2.24. The first-order chi connectivity index (χ1) is 8.58. The molecule has 0 radical (unpaired) electrons. The van der Waals surface area contributed by atoms with Crippen LogP contribution in [0.15, 0.2) is 0 Å². The summed E-state index contributed by atoms with van der Waals surface area (Å²) in [5.74, 6) is -0.590. The third-order valence-electron chi connectivity index (χ3n) is 3.36. The largest absolute Gasteiger partial charge is 0.378 e. The predicted octanol–water partition coefficient (Wildman–Crippen LogP) is -0.323. The second-order valence-corrected chi connectivity index (χ2v) is 4.84. The van der Waals surface area contributed by atoms with E-state index in [-0.39, 0.29) is 25.1 Å². The van der Waals surface area contributed by atoms with Crippen molar-refractivity contribution in [3.63, 3.8) is 0 Å². The molecule has 0 aromatic rings. The zero-order valence-corrected chi connectivity index (χ0v) is 10.5. The first-order valence-corrected chi connectivity index (χ1v) is 6.30. The summed E-state index contributed by atoms with van der Waals surface area (Å²) >= 11 is 0. The highest BCUT2D eigenvalue weighted by atomic mass is 16.5. The number of rotatable bonds is 4. The molecule has 6 nitrogen and oxygen atoms in total. The highest BCUT2D eigenvalue weighted by Gasteiger charge is 2.34. The van der Waals surface area contributed by atoms with Crippen LogP contribution in [0, 0.1) is 5.92 Å². The highest BCUT2D eigenvalue weighted by molar-refractivity contribution is 6.02. The number of carbonyl (C=O) groups excluding carboxylic acids is 3. The molecule has 0 bridgehead atoms. The molecule has 0 aromatic heterocycles. The van der Waals surface area contributed by atoms with Gasteiger partial charge in [0.2, 0.25) is 17.7 Å². The molecule has 1 aliphatic carbocycles. The lowest BCUT2D eigenvalue weighted by Crippen LogP contribution is -2.53. The molecule has 1 N–H and O–H groups in total. The van der Waals surface area contributed by atoms with Crippen LogP contribution < -0.4 is 5.32 Å².